The quantitative estimate of drug-likeness (QED) is 0.727. The number of amides is 2. The van der Waals surface area contributed by atoms with Crippen molar-refractivity contribution in [3.63, 3.8) is 0 Å². The van der Waals surface area contributed by atoms with Crippen molar-refractivity contribution in [2.75, 3.05) is 26.7 Å². The topological polar surface area (TPSA) is 58.6 Å². The lowest BCUT2D eigenvalue weighted by molar-refractivity contribution is -0.124. The van der Waals surface area contributed by atoms with Crippen molar-refractivity contribution in [3.8, 4) is 5.75 Å². The summed E-state index contributed by atoms with van der Waals surface area (Å²) in [6, 6.07) is 15.4. The van der Waals surface area contributed by atoms with Gasteiger partial charge in [-0.15, -0.1) is 0 Å². The van der Waals surface area contributed by atoms with Crippen LogP contribution in [0.1, 0.15) is 47.2 Å². The summed E-state index contributed by atoms with van der Waals surface area (Å²) >= 11 is 0. The molecule has 1 aliphatic rings. The summed E-state index contributed by atoms with van der Waals surface area (Å²) in [5.74, 6) is 0.343. The van der Waals surface area contributed by atoms with Gasteiger partial charge in [0.05, 0.1) is 13.0 Å². The van der Waals surface area contributed by atoms with Crippen molar-refractivity contribution in [1.82, 2.24) is 10.2 Å². The summed E-state index contributed by atoms with van der Waals surface area (Å²) in [5, 5.41) is 3.05. The zero-order valence-corrected chi connectivity index (χ0v) is 17.5. The molecule has 2 atom stereocenters. The standard InChI is InChI=1S/C24H30N2O3/c1-4-5-14-25-23(27)21-16-26(24(28)18-12-10-17(2)11-13-18)15-20(21)19-8-6-7-9-22(19)29-3/h6-13,20-21H,4-5,14-16H2,1-3H3,(H,25,27)/t20-,21+/m0/s1. The molecule has 2 aromatic rings. The van der Waals surface area contributed by atoms with Crippen LogP contribution in [0.4, 0.5) is 0 Å². The fourth-order valence-corrected chi connectivity index (χ4v) is 3.92. The lowest BCUT2D eigenvalue weighted by atomic mass is 9.87. The molecule has 5 nitrogen and oxygen atoms in total. The van der Waals surface area contributed by atoms with Crippen LogP contribution in [-0.4, -0.2) is 43.5 Å². The van der Waals surface area contributed by atoms with Crippen LogP contribution in [0.15, 0.2) is 48.5 Å². The molecule has 29 heavy (non-hydrogen) atoms. The number of rotatable bonds is 7. The van der Waals surface area contributed by atoms with Crippen LogP contribution >= 0.6 is 0 Å². The first-order valence-electron chi connectivity index (χ1n) is 10.3. The molecule has 5 heteroatoms. The van der Waals surface area contributed by atoms with Gasteiger partial charge in [0, 0.05) is 31.1 Å². The first-order chi connectivity index (χ1) is 14.0. The van der Waals surface area contributed by atoms with Crippen LogP contribution < -0.4 is 10.1 Å². The third-order valence-corrected chi connectivity index (χ3v) is 5.61. The van der Waals surface area contributed by atoms with Gasteiger partial charge in [-0.2, -0.15) is 0 Å². The van der Waals surface area contributed by atoms with Crippen LogP contribution in [0.2, 0.25) is 0 Å². The average molecular weight is 395 g/mol. The summed E-state index contributed by atoms with van der Waals surface area (Å²) < 4.78 is 5.54. The molecular weight excluding hydrogens is 364 g/mol. The van der Waals surface area contributed by atoms with Gasteiger partial charge in [0.25, 0.3) is 5.91 Å². The van der Waals surface area contributed by atoms with Gasteiger partial charge in [0.1, 0.15) is 5.75 Å². The maximum atomic E-state index is 13.1. The van der Waals surface area contributed by atoms with Gasteiger partial charge >= 0.3 is 0 Å². The minimum atomic E-state index is -0.294. The van der Waals surface area contributed by atoms with Crippen LogP contribution in [0.25, 0.3) is 0 Å². The first kappa shape index (κ1) is 20.9. The van der Waals surface area contributed by atoms with Crippen LogP contribution in [0.5, 0.6) is 5.75 Å². The molecular formula is C24H30N2O3. The fraction of sp³-hybridized carbons (Fsp3) is 0.417. The van der Waals surface area contributed by atoms with E-state index in [1.807, 2.05) is 55.5 Å². The number of ether oxygens (including phenoxy) is 1. The Kier molecular flexibility index (Phi) is 6.91. The molecule has 1 fully saturated rings. The van der Waals surface area contributed by atoms with E-state index in [1.54, 1.807) is 12.0 Å². The van der Waals surface area contributed by atoms with Gasteiger partial charge in [0.2, 0.25) is 5.91 Å². The zero-order chi connectivity index (χ0) is 20.8. The number of nitrogens with one attached hydrogen (secondary N) is 1. The number of methoxy groups -OCH3 is 1. The molecule has 0 spiro atoms. The highest BCUT2D eigenvalue weighted by Gasteiger charge is 2.41. The third kappa shape index (κ3) is 4.78. The Morgan fingerprint density at radius 2 is 1.83 bits per heavy atom. The van der Waals surface area contributed by atoms with Crippen molar-refractivity contribution in [2.24, 2.45) is 5.92 Å². The zero-order valence-electron chi connectivity index (χ0n) is 17.5. The van der Waals surface area contributed by atoms with E-state index in [-0.39, 0.29) is 23.7 Å². The first-order valence-corrected chi connectivity index (χ1v) is 10.3. The highest BCUT2D eigenvalue weighted by molar-refractivity contribution is 5.95. The SMILES string of the molecule is CCCCNC(=O)[C@@H]1CN(C(=O)c2ccc(C)cc2)C[C@H]1c1ccccc1OC. The van der Waals surface area contributed by atoms with E-state index in [0.717, 1.165) is 29.7 Å². The van der Waals surface area contributed by atoms with E-state index in [9.17, 15) is 9.59 Å². The average Bonchev–Trinajstić information content (AvgIpc) is 3.19. The smallest absolute Gasteiger partial charge is 0.253 e. The van der Waals surface area contributed by atoms with Crippen LogP contribution in [0.3, 0.4) is 0 Å². The Hall–Kier alpha value is -2.82. The summed E-state index contributed by atoms with van der Waals surface area (Å²) in [6.07, 6.45) is 1.97. The molecule has 1 saturated heterocycles. The molecule has 0 saturated carbocycles. The largest absolute Gasteiger partial charge is 0.496 e. The van der Waals surface area contributed by atoms with E-state index in [0.29, 0.717) is 25.2 Å². The third-order valence-electron chi connectivity index (χ3n) is 5.61. The second-order valence-electron chi connectivity index (χ2n) is 7.68. The van der Waals surface area contributed by atoms with Gasteiger partial charge < -0.3 is 15.0 Å². The lowest BCUT2D eigenvalue weighted by Crippen LogP contribution is -2.36. The molecule has 2 amide bonds. The fourth-order valence-electron chi connectivity index (χ4n) is 3.92. The number of carbonyl (C=O) groups excluding carboxylic acids is 2. The molecule has 2 aromatic carbocycles. The second kappa shape index (κ2) is 9.59. The van der Waals surface area contributed by atoms with Gasteiger partial charge in [-0.25, -0.2) is 0 Å². The van der Waals surface area contributed by atoms with Gasteiger partial charge in [-0.1, -0.05) is 49.2 Å². The Morgan fingerprint density at radius 1 is 1.10 bits per heavy atom. The molecule has 0 aliphatic carbocycles. The van der Waals surface area contributed by atoms with E-state index < -0.39 is 0 Å². The number of para-hydroxylation sites is 1. The predicted octanol–water partition coefficient (Wildman–Crippen LogP) is 3.78. The molecule has 0 radical (unpaired) electrons. The summed E-state index contributed by atoms with van der Waals surface area (Å²) in [4.78, 5) is 27.8. The number of hydrogen-bond donors (Lipinski definition) is 1. The summed E-state index contributed by atoms with van der Waals surface area (Å²) in [7, 11) is 1.64. The monoisotopic (exact) mass is 394 g/mol. The highest BCUT2D eigenvalue weighted by atomic mass is 16.5. The van der Waals surface area contributed by atoms with Crippen molar-refractivity contribution < 1.29 is 14.3 Å². The Labute approximate surface area is 173 Å². The highest BCUT2D eigenvalue weighted by Crippen LogP contribution is 2.38. The van der Waals surface area contributed by atoms with E-state index in [2.05, 4.69) is 12.2 Å². The molecule has 0 unspecified atom stereocenters. The minimum Gasteiger partial charge on any atom is -0.496 e. The molecule has 154 valence electrons. The van der Waals surface area contributed by atoms with Gasteiger partial charge in [-0.3, -0.25) is 9.59 Å². The number of aryl methyl sites for hydroxylation is 1. The Bertz CT molecular complexity index is 847. The normalized spacial score (nSPS) is 18.5. The number of benzene rings is 2. The predicted molar refractivity (Wildman–Crippen MR) is 114 cm³/mol. The molecule has 1 aliphatic heterocycles. The molecule has 1 heterocycles. The van der Waals surface area contributed by atoms with Crippen molar-refractivity contribution in [3.05, 3.63) is 65.2 Å². The van der Waals surface area contributed by atoms with Gasteiger partial charge in [0.15, 0.2) is 0 Å². The molecule has 0 aromatic heterocycles. The minimum absolute atomic E-state index is 0.00793. The molecule has 3 rings (SSSR count). The van der Waals surface area contributed by atoms with Crippen LogP contribution in [-0.2, 0) is 4.79 Å². The maximum Gasteiger partial charge on any atom is 0.253 e. The van der Waals surface area contributed by atoms with Gasteiger partial charge in [-0.05, 0) is 37.1 Å². The van der Waals surface area contributed by atoms with E-state index in [1.165, 1.54) is 0 Å². The number of nitrogens with zero attached hydrogens (tertiary/aromatic N) is 1. The summed E-state index contributed by atoms with van der Waals surface area (Å²) in [5.41, 5.74) is 2.74. The summed E-state index contributed by atoms with van der Waals surface area (Å²) in [6.45, 7) is 5.67. The number of unbranched alkanes of at least 4 members (excludes halogenated alkanes) is 1. The van der Waals surface area contributed by atoms with Crippen molar-refractivity contribution in [1.29, 1.82) is 0 Å². The van der Waals surface area contributed by atoms with E-state index in [4.69, 9.17) is 4.74 Å². The maximum absolute atomic E-state index is 13.1. The number of carbonyl (C=O) groups is 2. The molecule has 0 bridgehead atoms. The lowest BCUT2D eigenvalue weighted by Gasteiger charge is -2.20. The number of hydrogen-bond acceptors (Lipinski definition) is 3. The van der Waals surface area contributed by atoms with Crippen molar-refractivity contribution >= 4 is 11.8 Å². The number of likely N-dealkylation sites (tertiary alicyclic amines) is 1. The van der Waals surface area contributed by atoms with E-state index >= 15 is 0 Å². The Morgan fingerprint density at radius 3 is 2.52 bits per heavy atom. The Balaban J connectivity index is 1.86. The molecule has 1 N–H and O–H groups in total. The van der Waals surface area contributed by atoms with Crippen LogP contribution in [0, 0.1) is 12.8 Å². The second-order valence-corrected chi connectivity index (χ2v) is 7.68. The van der Waals surface area contributed by atoms with Crippen molar-refractivity contribution in [2.45, 2.75) is 32.6 Å².